The summed E-state index contributed by atoms with van der Waals surface area (Å²) in [5.41, 5.74) is 2.35. The van der Waals surface area contributed by atoms with Gasteiger partial charge in [-0.3, -0.25) is 4.79 Å². The number of rotatable bonds is 28. The van der Waals surface area contributed by atoms with Crippen LogP contribution in [-0.2, 0) is 23.7 Å². The zero-order chi connectivity index (χ0) is 54.6. The number of ketones is 1. The number of benzene rings is 1. The molecular weight excluding hydrogens is 1100 g/mol. The first-order valence-corrected chi connectivity index (χ1v) is 35.8. The number of thiophene rings is 8. The average Bonchev–Trinajstić information content (AvgIpc) is 4.35. The van der Waals surface area contributed by atoms with Gasteiger partial charge in [0.05, 0.1) is 9.58 Å². The minimum Gasteiger partial charge on any atom is -0.293 e. The lowest BCUT2D eigenvalue weighted by molar-refractivity contribution is 0.0979. The van der Waals surface area contributed by atoms with Crippen LogP contribution < -0.4 is 0 Å². The summed E-state index contributed by atoms with van der Waals surface area (Å²) in [4.78, 5) is 30.1. The van der Waals surface area contributed by atoms with E-state index < -0.39 is 0 Å². The van der Waals surface area contributed by atoms with Crippen LogP contribution in [0.15, 0.2) is 60.7 Å². The molecule has 9 rings (SSSR count). The number of fused-ring (bicyclic) bond motifs is 3. The number of hydrogen-bond donors (Lipinski definition) is 0. The third-order valence-corrected chi connectivity index (χ3v) is 26.9. The highest BCUT2D eigenvalue weighted by Gasteiger charge is 2.34. The molecule has 8 aromatic heterocycles. The van der Waals surface area contributed by atoms with Crippen molar-refractivity contribution in [3.05, 3.63) is 90.9 Å². The van der Waals surface area contributed by atoms with Gasteiger partial charge in [-0.25, -0.2) is 4.39 Å². The highest BCUT2D eigenvalue weighted by atomic mass is 32.1. The highest BCUT2D eigenvalue weighted by molar-refractivity contribution is 7.32. The Kier molecular flexibility index (Phi) is 19.9. The molecule has 0 N–H and O–H groups in total. The van der Waals surface area contributed by atoms with Gasteiger partial charge in [-0.2, -0.15) is 0 Å². The molecule has 412 valence electrons. The van der Waals surface area contributed by atoms with Gasteiger partial charge in [0, 0.05) is 96.8 Å². The van der Waals surface area contributed by atoms with Crippen molar-refractivity contribution in [3.8, 4) is 50.1 Å². The van der Waals surface area contributed by atoms with Crippen molar-refractivity contribution in [1.29, 1.82) is 0 Å². The Morgan fingerprint density at radius 3 is 1.53 bits per heavy atom. The lowest BCUT2D eigenvalue weighted by Crippen LogP contribution is -2.14. The first-order valence-electron chi connectivity index (χ1n) is 29.3. The topological polar surface area (TPSA) is 17.1 Å². The van der Waals surface area contributed by atoms with Crippen LogP contribution in [0.25, 0.3) is 80.4 Å². The SMILES string of the molecule is CCCCCCCCCC(=O)c1sc2c(-c3cc4c(-c5ccc(-c6ccc(CC(CC)CCCC)s6)s5)c5sc(C(C)(C)C)cc5c(-c5ccc(-c6ccc(CC(CC)CCCC)s6)s5)c4s3)sc(C(C)(C)CC)c2c1F. The second kappa shape index (κ2) is 26.0. The summed E-state index contributed by atoms with van der Waals surface area (Å²) in [7, 11) is 0. The van der Waals surface area contributed by atoms with Gasteiger partial charge in [0.25, 0.3) is 0 Å². The summed E-state index contributed by atoms with van der Waals surface area (Å²) in [6.07, 6.45) is 21.7. The molecule has 0 bridgehead atoms. The van der Waals surface area contributed by atoms with Crippen LogP contribution in [0, 0.1) is 17.7 Å². The van der Waals surface area contributed by atoms with Crippen molar-refractivity contribution >= 4 is 127 Å². The Balaban J connectivity index is 1.21. The summed E-state index contributed by atoms with van der Waals surface area (Å²) < 4.78 is 20.8. The standard InChI is InChI=1S/C67H83FOS8/c1-12-18-21-22-23-24-25-28-47(69)62-59(68)58-64(76-62)63(77-65(58)67(10,11)17-6)54-39-45-56(52-35-33-50(72-52)48-31-29-43(70-48)37-41(15-4)26-19-13-2)61-46(40-55(75-61)66(7,8)9)57(60(45)74-54)53-36-34-51(73-53)49-32-30-44(71-49)38-42(16-5)27-20-14-3/h29-36,39-42H,12-28,37-38H2,1-11H3. The molecule has 0 aliphatic heterocycles. The molecule has 10 heteroatoms. The van der Waals surface area contributed by atoms with E-state index in [4.69, 9.17) is 0 Å². The van der Waals surface area contributed by atoms with E-state index in [1.807, 2.05) is 68.0 Å². The number of carbonyl (C=O) groups excluding carboxylic acids is 1. The molecule has 8 heterocycles. The molecule has 2 unspecified atom stereocenters. The van der Waals surface area contributed by atoms with E-state index in [2.05, 4.69) is 137 Å². The van der Waals surface area contributed by atoms with Crippen LogP contribution in [0.5, 0.6) is 0 Å². The second-order valence-electron chi connectivity index (χ2n) is 23.5. The van der Waals surface area contributed by atoms with Crippen LogP contribution in [0.2, 0.25) is 0 Å². The van der Waals surface area contributed by atoms with Crippen LogP contribution in [-0.4, -0.2) is 5.78 Å². The lowest BCUT2D eigenvalue weighted by Gasteiger charge is -2.21. The molecule has 77 heavy (non-hydrogen) atoms. The van der Waals surface area contributed by atoms with Crippen molar-refractivity contribution in [2.75, 3.05) is 0 Å². The molecule has 0 spiro atoms. The third kappa shape index (κ3) is 13.0. The van der Waals surface area contributed by atoms with Crippen molar-refractivity contribution in [3.63, 3.8) is 0 Å². The molecule has 1 nitrogen and oxygen atoms in total. The number of unbranched alkanes of at least 4 members (excludes halogenated alkanes) is 8. The molecule has 9 aromatic rings. The Morgan fingerprint density at radius 2 is 1.00 bits per heavy atom. The maximum absolute atomic E-state index is 17.3. The molecule has 0 amide bonds. The maximum Gasteiger partial charge on any atom is 0.175 e. The minimum atomic E-state index is -0.294. The van der Waals surface area contributed by atoms with Crippen molar-refractivity contribution in [1.82, 2.24) is 0 Å². The van der Waals surface area contributed by atoms with E-state index >= 15 is 4.39 Å². The molecule has 0 fully saturated rings. The molecule has 0 saturated heterocycles. The first kappa shape index (κ1) is 58.8. The number of hydrogen-bond acceptors (Lipinski definition) is 9. The fourth-order valence-corrected chi connectivity index (χ4v) is 21.1. The summed E-state index contributed by atoms with van der Waals surface area (Å²) in [6, 6.07) is 24.0. The normalized spacial score (nSPS) is 13.4. The largest absolute Gasteiger partial charge is 0.293 e. The predicted octanol–water partition coefficient (Wildman–Crippen LogP) is 25.9. The summed E-state index contributed by atoms with van der Waals surface area (Å²) in [5, 5.41) is 3.28. The Labute approximate surface area is 493 Å². The third-order valence-electron chi connectivity index (χ3n) is 16.2. The molecule has 0 radical (unpaired) electrons. The van der Waals surface area contributed by atoms with Gasteiger partial charge < -0.3 is 0 Å². The summed E-state index contributed by atoms with van der Waals surface area (Å²) in [5.74, 6) is 1.14. The fraction of sp³-hybridized carbons (Fsp3) is 0.507. The Morgan fingerprint density at radius 1 is 0.506 bits per heavy atom. The van der Waals surface area contributed by atoms with Crippen LogP contribution in [0.4, 0.5) is 4.39 Å². The van der Waals surface area contributed by atoms with Crippen LogP contribution in [0.3, 0.4) is 0 Å². The van der Waals surface area contributed by atoms with Crippen LogP contribution in [0.1, 0.15) is 214 Å². The van der Waals surface area contributed by atoms with E-state index in [1.54, 1.807) is 11.3 Å². The highest BCUT2D eigenvalue weighted by Crippen LogP contribution is 2.58. The molecule has 1 aromatic carbocycles. The average molecular weight is 1180 g/mol. The van der Waals surface area contributed by atoms with Gasteiger partial charge in [-0.05, 0) is 109 Å². The molecule has 0 aliphatic rings. The second-order valence-corrected chi connectivity index (χ2v) is 32.2. The minimum absolute atomic E-state index is 0.0300. The number of Topliss-reactive ketones (excluding diaryl/α,β-unsaturated/α-hetero) is 1. The zero-order valence-corrected chi connectivity index (χ0v) is 54.4. The lowest BCUT2D eigenvalue weighted by atomic mass is 9.87. The van der Waals surface area contributed by atoms with Gasteiger partial charge in [-0.1, -0.05) is 166 Å². The van der Waals surface area contributed by atoms with E-state index in [0.717, 1.165) is 69.7 Å². The van der Waals surface area contributed by atoms with Gasteiger partial charge in [0.15, 0.2) is 11.6 Å². The van der Waals surface area contributed by atoms with Crippen LogP contribution >= 0.6 is 90.7 Å². The van der Waals surface area contributed by atoms with Gasteiger partial charge in [0.2, 0.25) is 0 Å². The van der Waals surface area contributed by atoms with Crippen molar-refractivity contribution in [2.24, 2.45) is 11.8 Å². The van der Waals surface area contributed by atoms with E-state index in [0.29, 0.717) is 16.7 Å². The number of halogens is 1. The molecule has 0 saturated carbocycles. The molecular formula is C67H83FOS8. The van der Waals surface area contributed by atoms with E-state index in [-0.39, 0.29) is 22.4 Å². The van der Waals surface area contributed by atoms with Gasteiger partial charge in [0.1, 0.15) is 4.88 Å². The molecule has 0 aliphatic carbocycles. The predicted molar refractivity (Wildman–Crippen MR) is 352 cm³/mol. The fourth-order valence-electron chi connectivity index (χ4n) is 11.0. The van der Waals surface area contributed by atoms with E-state index in [1.165, 1.54) is 164 Å². The smallest absolute Gasteiger partial charge is 0.175 e. The zero-order valence-electron chi connectivity index (χ0n) is 47.9. The van der Waals surface area contributed by atoms with Crippen molar-refractivity contribution in [2.45, 2.75) is 209 Å². The molecule has 2 atom stereocenters. The van der Waals surface area contributed by atoms with Crippen molar-refractivity contribution < 1.29 is 9.18 Å². The summed E-state index contributed by atoms with van der Waals surface area (Å²) >= 11 is 14.9. The number of carbonyl (C=O) groups is 1. The Bertz CT molecular complexity index is 3240. The van der Waals surface area contributed by atoms with Gasteiger partial charge >= 0.3 is 0 Å². The summed E-state index contributed by atoms with van der Waals surface area (Å²) in [6.45, 7) is 25.3. The monoisotopic (exact) mass is 1180 g/mol. The van der Waals surface area contributed by atoms with Gasteiger partial charge in [-0.15, -0.1) is 90.7 Å². The first-order chi connectivity index (χ1) is 37.1. The van der Waals surface area contributed by atoms with E-state index in [9.17, 15) is 4.79 Å². The maximum atomic E-state index is 17.3. The quantitative estimate of drug-likeness (QED) is 0.0353. The Hall–Kier alpha value is -2.80.